The Labute approximate surface area is 145 Å². The Morgan fingerprint density at radius 1 is 1.17 bits per heavy atom. The summed E-state index contributed by atoms with van der Waals surface area (Å²) in [6.07, 6.45) is 6.34. The molecule has 2 rings (SSSR count). The molecule has 0 aliphatic heterocycles. The number of rotatable bonds is 8. The Bertz CT molecular complexity index is 498. The summed E-state index contributed by atoms with van der Waals surface area (Å²) in [4.78, 5) is 16.4. The fourth-order valence-electron chi connectivity index (χ4n) is 3.18. The highest BCUT2D eigenvalue weighted by molar-refractivity contribution is 5.74. The maximum absolute atomic E-state index is 13.1. The van der Waals surface area contributed by atoms with Crippen molar-refractivity contribution >= 4 is 6.03 Å². The third-order valence-corrected chi connectivity index (χ3v) is 4.69. The number of carbonyl (C=O) groups excluding carboxylic acids is 1. The van der Waals surface area contributed by atoms with Crippen LogP contribution in [0.4, 0.5) is 9.18 Å². The maximum atomic E-state index is 13.1. The van der Waals surface area contributed by atoms with Crippen LogP contribution in [0.2, 0.25) is 0 Å². The molecule has 1 aromatic rings. The van der Waals surface area contributed by atoms with Gasteiger partial charge in [0.2, 0.25) is 0 Å². The lowest BCUT2D eigenvalue weighted by molar-refractivity contribution is 0.188. The van der Waals surface area contributed by atoms with E-state index in [2.05, 4.69) is 10.2 Å². The van der Waals surface area contributed by atoms with Gasteiger partial charge in [0.05, 0.1) is 0 Å². The molecule has 1 saturated carbocycles. The summed E-state index contributed by atoms with van der Waals surface area (Å²) >= 11 is 0. The number of amides is 2. The summed E-state index contributed by atoms with van der Waals surface area (Å²) in [6.45, 7) is 2.70. The van der Waals surface area contributed by atoms with Gasteiger partial charge in [0, 0.05) is 26.2 Å². The topological polar surface area (TPSA) is 35.6 Å². The molecule has 0 radical (unpaired) electrons. The molecular weight excluding hydrogens is 305 g/mol. The molecule has 0 aromatic heterocycles. The van der Waals surface area contributed by atoms with Gasteiger partial charge in [0.1, 0.15) is 5.82 Å². The molecule has 0 bridgehead atoms. The Balaban J connectivity index is 1.85. The molecule has 1 aliphatic carbocycles. The molecule has 134 valence electrons. The summed E-state index contributed by atoms with van der Waals surface area (Å²) in [6, 6.07) is 6.34. The number of nitrogens with zero attached hydrogens (tertiary/aromatic N) is 2. The summed E-state index contributed by atoms with van der Waals surface area (Å²) < 4.78 is 13.1. The minimum atomic E-state index is -0.250. The van der Waals surface area contributed by atoms with Gasteiger partial charge < -0.3 is 15.1 Å². The minimum Gasteiger partial charge on any atom is -0.338 e. The summed E-state index contributed by atoms with van der Waals surface area (Å²) in [5.74, 6) is 0.525. The van der Waals surface area contributed by atoms with Crippen molar-refractivity contribution in [3.05, 3.63) is 35.6 Å². The first-order valence-corrected chi connectivity index (χ1v) is 8.96. The molecule has 1 aliphatic rings. The van der Waals surface area contributed by atoms with Crippen LogP contribution in [0.25, 0.3) is 0 Å². The number of urea groups is 1. The Kier molecular flexibility index (Phi) is 7.50. The number of benzene rings is 1. The molecular formula is C19H30FN3O. The highest BCUT2D eigenvalue weighted by Crippen LogP contribution is 2.26. The predicted octanol–water partition coefficient (Wildman–Crippen LogP) is 3.48. The predicted molar refractivity (Wildman–Crippen MR) is 95.3 cm³/mol. The second-order valence-corrected chi connectivity index (χ2v) is 7.02. The minimum absolute atomic E-state index is 0.0285. The van der Waals surface area contributed by atoms with E-state index in [4.69, 9.17) is 0 Å². The summed E-state index contributed by atoms with van der Waals surface area (Å²) in [7, 11) is 3.99. The first-order valence-electron chi connectivity index (χ1n) is 8.96. The number of carbonyl (C=O) groups is 1. The van der Waals surface area contributed by atoms with Crippen LogP contribution in [-0.4, -0.2) is 49.6 Å². The molecule has 24 heavy (non-hydrogen) atoms. The molecule has 1 aromatic carbocycles. The lowest BCUT2D eigenvalue weighted by Gasteiger charge is -2.25. The number of hydrogen-bond donors (Lipinski definition) is 1. The molecule has 0 heterocycles. The van der Waals surface area contributed by atoms with Crippen LogP contribution >= 0.6 is 0 Å². The molecule has 4 nitrogen and oxygen atoms in total. The number of likely N-dealkylation sites (N-methyl/N-ethyl adjacent to an activating group) is 1. The van der Waals surface area contributed by atoms with E-state index in [1.807, 2.05) is 19.0 Å². The van der Waals surface area contributed by atoms with Crippen molar-refractivity contribution in [2.24, 2.45) is 5.92 Å². The van der Waals surface area contributed by atoms with Crippen molar-refractivity contribution < 1.29 is 9.18 Å². The Morgan fingerprint density at radius 2 is 1.83 bits per heavy atom. The zero-order chi connectivity index (χ0) is 17.4. The molecule has 0 atom stereocenters. The highest BCUT2D eigenvalue weighted by atomic mass is 19.1. The quantitative estimate of drug-likeness (QED) is 0.789. The van der Waals surface area contributed by atoms with Crippen molar-refractivity contribution in [3.8, 4) is 0 Å². The average Bonchev–Trinajstić information content (AvgIpc) is 3.06. The molecule has 0 spiro atoms. The van der Waals surface area contributed by atoms with Crippen LogP contribution in [0.1, 0.15) is 37.7 Å². The van der Waals surface area contributed by atoms with Crippen LogP contribution in [-0.2, 0) is 6.54 Å². The van der Waals surface area contributed by atoms with Gasteiger partial charge in [0.25, 0.3) is 0 Å². The van der Waals surface area contributed by atoms with Crippen LogP contribution in [0.15, 0.2) is 24.3 Å². The average molecular weight is 335 g/mol. The number of nitrogens with one attached hydrogen (secondary N) is 1. The molecule has 5 heteroatoms. The van der Waals surface area contributed by atoms with Gasteiger partial charge in [-0.2, -0.15) is 0 Å². The molecule has 0 unspecified atom stereocenters. The van der Waals surface area contributed by atoms with E-state index in [1.54, 1.807) is 12.1 Å². The van der Waals surface area contributed by atoms with Gasteiger partial charge in [-0.15, -0.1) is 0 Å². The molecule has 1 fully saturated rings. The van der Waals surface area contributed by atoms with Crippen LogP contribution in [0.3, 0.4) is 0 Å². The lowest BCUT2D eigenvalue weighted by Crippen LogP contribution is -2.43. The third kappa shape index (κ3) is 6.48. The fraction of sp³-hybridized carbons (Fsp3) is 0.632. The SMILES string of the molecule is CN(C)CCN(Cc1ccc(F)cc1)C(=O)NCCC1CCCC1. The van der Waals surface area contributed by atoms with Gasteiger partial charge in [-0.25, -0.2) is 9.18 Å². The van der Waals surface area contributed by atoms with E-state index in [0.29, 0.717) is 13.1 Å². The number of halogens is 1. The maximum Gasteiger partial charge on any atom is 0.317 e. The van der Waals surface area contributed by atoms with E-state index in [0.717, 1.165) is 31.0 Å². The Hall–Kier alpha value is -1.62. The zero-order valence-electron chi connectivity index (χ0n) is 14.9. The normalized spacial score (nSPS) is 15.0. The van der Waals surface area contributed by atoms with Crippen molar-refractivity contribution in [1.82, 2.24) is 15.1 Å². The summed E-state index contributed by atoms with van der Waals surface area (Å²) in [5, 5.41) is 3.06. The lowest BCUT2D eigenvalue weighted by atomic mass is 10.0. The van der Waals surface area contributed by atoms with Crippen LogP contribution in [0.5, 0.6) is 0 Å². The third-order valence-electron chi connectivity index (χ3n) is 4.69. The standard InChI is InChI=1S/C19H30FN3O/c1-22(2)13-14-23(15-17-7-9-18(20)10-8-17)19(24)21-12-11-16-5-3-4-6-16/h7-10,16H,3-6,11-15H2,1-2H3,(H,21,24). The number of hydrogen-bond acceptors (Lipinski definition) is 2. The van der Waals surface area contributed by atoms with E-state index in [-0.39, 0.29) is 11.8 Å². The molecule has 1 N–H and O–H groups in total. The van der Waals surface area contributed by atoms with E-state index in [1.165, 1.54) is 37.8 Å². The van der Waals surface area contributed by atoms with Gasteiger partial charge in [-0.1, -0.05) is 37.8 Å². The van der Waals surface area contributed by atoms with Gasteiger partial charge >= 0.3 is 6.03 Å². The van der Waals surface area contributed by atoms with Gasteiger partial charge in [0.15, 0.2) is 0 Å². The smallest absolute Gasteiger partial charge is 0.317 e. The Morgan fingerprint density at radius 3 is 2.46 bits per heavy atom. The van der Waals surface area contributed by atoms with Crippen molar-refractivity contribution in [2.75, 3.05) is 33.7 Å². The first kappa shape index (κ1) is 18.7. The second-order valence-electron chi connectivity index (χ2n) is 7.02. The second kappa shape index (κ2) is 9.62. The summed E-state index contributed by atoms with van der Waals surface area (Å²) in [5.41, 5.74) is 0.945. The van der Waals surface area contributed by atoms with Gasteiger partial charge in [-0.3, -0.25) is 0 Å². The molecule has 2 amide bonds. The van der Waals surface area contributed by atoms with Crippen molar-refractivity contribution in [1.29, 1.82) is 0 Å². The zero-order valence-corrected chi connectivity index (χ0v) is 14.9. The van der Waals surface area contributed by atoms with Crippen molar-refractivity contribution in [3.63, 3.8) is 0 Å². The molecule has 0 saturated heterocycles. The van der Waals surface area contributed by atoms with Gasteiger partial charge in [-0.05, 0) is 44.1 Å². The van der Waals surface area contributed by atoms with E-state index in [9.17, 15) is 9.18 Å². The fourth-order valence-corrected chi connectivity index (χ4v) is 3.18. The highest BCUT2D eigenvalue weighted by Gasteiger charge is 2.17. The van der Waals surface area contributed by atoms with Crippen molar-refractivity contribution in [2.45, 2.75) is 38.6 Å². The van der Waals surface area contributed by atoms with E-state index < -0.39 is 0 Å². The van der Waals surface area contributed by atoms with Crippen LogP contribution in [0, 0.1) is 11.7 Å². The first-order chi connectivity index (χ1) is 11.5. The van der Waals surface area contributed by atoms with Crippen LogP contribution < -0.4 is 5.32 Å². The largest absolute Gasteiger partial charge is 0.338 e. The monoisotopic (exact) mass is 335 g/mol. The van der Waals surface area contributed by atoms with E-state index >= 15 is 0 Å².